The smallest absolute Gasteiger partial charge is 0.315 e. The van der Waals surface area contributed by atoms with Crippen LogP contribution < -0.4 is 10.6 Å². The van der Waals surface area contributed by atoms with Crippen LogP contribution in [0.25, 0.3) is 10.2 Å². The molecule has 0 aliphatic heterocycles. The van der Waals surface area contributed by atoms with Gasteiger partial charge in [-0.15, -0.1) is 0 Å². The van der Waals surface area contributed by atoms with E-state index in [0.29, 0.717) is 10.8 Å². The summed E-state index contributed by atoms with van der Waals surface area (Å²) in [5.41, 5.74) is 2.38. The van der Waals surface area contributed by atoms with Crippen molar-refractivity contribution in [2.45, 2.75) is 6.92 Å². The lowest BCUT2D eigenvalue weighted by Gasteiger charge is -2.05. The molecule has 2 amide bonds. The van der Waals surface area contributed by atoms with Crippen LogP contribution in [-0.2, 0) is 9.59 Å². The summed E-state index contributed by atoms with van der Waals surface area (Å²) in [6.45, 7) is 1.91. The van der Waals surface area contributed by atoms with Gasteiger partial charge in [0.1, 0.15) is 0 Å². The van der Waals surface area contributed by atoms with Gasteiger partial charge in [-0.05, 0) is 36.8 Å². The second kappa shape index (κ2) is 5.95. The quantitative estimate of drug-likeness (QED) is 0.714. The number of rotatable bonds is 2. The number of carbonyl (C=O) groups is 2. The van der Waals surface area contributed by atoms with Crippen LogP contribution in [-0.4, -0.2) is 16.8 Å². The van der Waals surface area contributed by atoms with E-state index >= 15 is 0 Å². The Bertz CT molecular complexity index is 824. The Hall–Kier alpha value is -2.73. The standard InChI is InChI=1S/C16H13N3O2S/c1-10-5-4-6-11(9-10)17-14(20)15(21)19-16-18-12-7-2-3-8-13(12)22-16/h2-9H,1H3,(H,17,20)(H,18,19,21). The number of nitrogens with zero attached hydrogens (tertiary/aromatic N) is 1. The van der Waals surface area contributed by atoms with Crippen molar-refractivity contribution in [3.63, 3.8) is 0 Å². The average Bonchev–Trinajstić information content (AvgIpc) is 2.89. The fourth-order valence-corrected chi connectivity index (χ4v) is 2.85. The van der Waals surface area contributed by atoms with Crippen molar-refractivity contribution in [1.29, 1.82) is 0 Å². The molecular weight excluding hydrogens is 298 g/mol. The van der Waals surface area contributed by atoms with Crippen LogP contribution in [0.1, 0.15) is 5.56 Å². The van der Waals surface area contributed by atoms with Crippen molar-refractivity contribution in [3.05, 3.63) is 54.1 Å². The minimum Gasteiger partial charge on any atom is -0.318 e. The monoisotopic (exact) mass is 311 g/mol. The summed E-state index contributed by atoms with van der Waals surface area (Å²) in [5, 5.41) is 5.49. The molecule has 0 saturated carbocycles. The van der Waals surface area contributed by atoms with Crippen LogP contribution in [0.3, 0.4) is 0 Å². The van der Waals surface area contributed by atoms with E-state index in [9.17, 15) is 9.59 Å². The largest absolute Gasteiger partial charge is 0.318 e. The van der Waals surface area contributed by atoms with Crippen molar-refractivity contribution < 1.29 is 9.59 Å². The van der Waals surface area contributed by atoms with Gasteiger partial charge in [-0.25, -0.2) is 4.98 Å². The highest BCUT2D eigenvalue weighted by atomic mass is 32.1. The van der Waals surface area contributed by atoms with Gasteiger partial charge < -0.3 is 5.32 Å². The van der Waals surface area contributed by atoms with Gasteiger partial charge in [0.2, 0.25) is 0 Å². The van der Waals surface area contributed by atoms with E-state index in [2.05, 4.69) is 15.6 Å². The average molecular weight is 311 g/mol. The fourth-order valence-electron chi connectivity index (χ4n) is 1.99. The summed E-state index contributed by atoms with van der Waals surface area (Å²) in [6.07, 6.45) is 0. The zero-order valence-corrected chi connectivity index (χ0v) is 12.6. The number of amides is 2. The molecule has 110 valence electrons. The summed E-state index contributed by atoms with van der Waals surface area (Å²) in [6, 6.07) is 14.8. The van der Waals surface area contributed by atoms with E-state index < -0.39 is 11.8 Å². The number of benzene rings is 2. The molecule has 0 aliphatic carbocycles. The number of aromatic nitrogens is 1. The summed E-state index contributed by atoms with van der Waals surface area (Å²) in [5.74, 6) is -1.45. The molecule has 22 heavy (non-hydrogen) atoms. The van der Waals surface area contributed by atoms with E-state index in [1.54, 1.807) is 12.1 Å². The Kier molecular flexibility index (Phi) is 3.84. The van der Waals surface area contributed by atoms with Gasteiger partial charge in [-0.2, -0.15) is 0 Å². The predicted octanol–water partition coefficient (Wildman–Crippen LogP) is 3.18. The molecular formula is C16H13N3O2S. The third-order valence-electron chi connectivity index (χ3n) is 3.00. The van der Waals surface area contributed by atoms with E-state index in [1.807, 2.05) is 43.3 Å². The number of thiazole rings is 1. The minimum atomic E-state index is -0.736. The number of nitrogens with one attached hydrogen (secondary N) is 2. The second-order valence-corrected chi connectivity index (χ2v) is 5.80. The van der Waals surface area contributed by atoms with Crippen LogP contribution in [0.2, 0.25) is 0 Å². The molecule has 2 aromatic carbocycles. The highest BCUT2D eigenvalue weighted by Gasteiger charge is 2.16. The van der Waals surface area contributed by atoms with Crippen molar-refractivity contribution in [1.82, 2.24) is 4.98 Å². The van der Waals surface area contributed by atoms with Gasteiger partial charge in [0.05, 0.1) is 10.2 Å². The van der Waals surface area contributed by atoms with Gasteiger partial charge in [0.15, 0.2) is 5.13 Å². The molecule has 5 nitrogen and oxygen atoms in total. The molecule has 0 bridgehead atoms. The Labute approximate surface area is 131 Å². The topological polar surface area (TPSA) is 71.1 Å². The molecule has 0 atom stereocenters. The maximum atomic E-state index is 11.9. The summed E-state index contributed by atoms with van der Waals surface area (Å²) < 4.78 is 0.955. The first kappa shape index (κ1) is 14.2. The molecule has 6 heteroatoms. The predicted molar refractivity (Wildman–Crippen MR) is 88.1 cm³/mol. The third kappa shape index (κ3) is 3.12. The van der Waals surface area contributed by atoms with E-state index in [1.165, 1.54) is 11.3 Å². The van der Waals surface area contributed by atoms with E-state index in [0.717, 1.165) is 15.8 Å². The summed E-state index contributed by atoms with van der Waals surface area (Å²) >= 11 is 1.33. The fraction of sp³-hybridized carbons (Fsp3) is 0.0625. The molecule has 0 saturated heterocycles. The number of aryl methyl sites for hydroxylation is 1. The molecule has 3 rings (SSSR count). The Morgan fingerprint density at radius 1 is 1.00 bits per heavy atom. The lowest BCUT2D eigenvalue weighted by molar-refractivity contribution is -0.132. The number of para-hydroxylation sites is 1. The minimum absolute atomic E-state index is 0.408. The highest BCUT2D eigenvalue weighted by molar-refractivity contribution is 7.22. The Balaban J connectivity index is 1.69. The van der Waals surface area contributed by atoms with Gasteiger partial charge in [0.25, 0.3) is 0 Å². The maximum absolute atomic E-state index is 11.9. The molecule has 0 unspecified atom stereocenters. The summed E-state index contributed by atoms with van der Waals surface area (Å²) in [7, 11) is 0. The van der Waals surface area contributed by atoms with Crippen LogP contribution in [0.4, 0.5) is 10.8 Å². The van der Waals surface area contributed by atoms with Crippen molar-refractivity contribution in [2.75, 3.05) is 10.6 Å². The van der Waals surface area contributed by atoms with Crippen molar-refractivity contribution in [3.8, 4) is 0 Å². The van der Waals surface area contributed by atoms with Crippen molar-refractivity contribution >= 4 is 44.2 Å². The molecule has 0 fully saturated rings. The SMILES string of the molecule is Cc1cccc(NC(=O)C(=O)Nc2nc3ccccc3s2)c1. The molecule has 3 aromatic rings. The number of carbonyl (C=O) groups excluding carboxylic acids is 2. The van der Waals surface area contributed by atoms with Crippen LogP contribution in [0.15, 0.2) is 48.5 Å². The first-order valence-corrected chi connectivity index (χ1v) is 7.48. The van der Waals surface area contributed by atoms with Crippen molar-refractivity contribution in [2.24, 2.45) is 0 Å². The maximum Gasteiger partial charge on any atom is 0.315 e. The van der Waals surface area contributed by atoms with E-state index in [4.69, 9.17) is 0 Å². The Morgan fingerprint density at radius 2 is 1.77 bits per heavy atom. The first-order chi connectivity index (χ1) is 10.6. The van der Waals surface area contributed by atoms with E-state index in [-0.39, 0.29) is 0 Å². The van der Waals surface area contributed by atoms with Gasteiger partial charge in [-0.3, -0.25) is 14.9 Å². The van der Waals surface area contributed by atoms with Gasteiger partial charge in [-0.1, -0.05) is 35.6 Å². The van der Waals surface area contributed by atoms with Gasteiger partial charge >= 0.3 is 11.8 Å². The molecule has 0 radical (unpaired) electrons. The van der Waals surface area contributed by atoms with Gasteiger partial charge in [0, 0.05) is 5.69 Å². The van der Waals surface area contributed by atoms with Crippen LogP contribution in [0.5, 0.6) is 0 Å². The molecule has 0 spiro atoms. The van der Waals surface area contributed by atoms with Crippen LogP contribution in [0, 0.1) is 6.92 Å². The summed E-state index contributed by atoms with van der Waals surface area (Å²) in [4.78, 5) is 28.1. The Morgan fingerprint density at radius 3 is 2.55 bits per heavy atom. The first-order valence-electron chi connectivity index (χ1n) is 6.66. The lowest BCUT2D eigenvalue weighted by Crippen LogP contribution is -2.29. The lowest BCUT2D eigenvalue weighted by atomic mass is 10.2. The second-order valence-electron chi connectivity index (χ2n) is 4.76. The molecule has 1 heterocycles. The van der Waals surface area contributed by atoms with Crippen LogP contribution >= 0.6 is 11.3 Å². The molecule has 2 N–H and O–H groups in total. The number of hydrogen-bond acceptors (Lipinski definition) is 4. The molecule has 0 aliphatic rings. The number of hydrogen-bond donors (Lipinski definition) is 2. The zero-order chi connectivity index (χ0) is 15.5. The number of anilines is 2. The molecule has 1 aromatic heterocycles. The highest BCUT2D eigenvalue weighted by Crippen LogP contribution is 2.25. The normalized spacial score (nSPS) is 10.4. The number of fused-ring (bicyclic) bond motifs is 1. The zero-order valence-electron chi connectivity index (χ0n) is 11.8. The third-order valence-corrected chi connectivity index (χ3v) is 3.95.